The van der Waals surface area contributed by atoms with Crippen molar-refractivity contribution in [1.29, 1.82) is 0 Å². The maximum atomic E-state index is 12.0. The standard InChI is InChI=1S/C16H18N4O2S/c1-16(2,8-21)7-17-15-19-12(14(22)20-15)5-10-3-4-11-13(6-10)23-9-18-11/h3-6,9,21H,7-8H2,1-2H3,(H2,17,19,20,22)/b12-5-. The average molecular weight is 330 g/mol. The van der Waals surface area contributed by atoms with E-state index in [0.717, 1.165) is 15.8 Å². The van der Waals surface area contributed by atoms with E-state index in [4.69, 9.17) is 0 Å². The van der Waals surface area contributed by atoms with Crippen LogP contribution in [0.25, 0.3) is 16.3 Å². The Morgan fingerprint density at radius 2 is 2.26 bits per heavy atom. The zero-order valence-corrected chi connectivity index (χ0v) is 13.8. The number of carbonyl (C=O) groups excluding carboxylic acids is 1. The smallest absolute Gasteiger partial charge is 0.276 e. The first kappa shape index (κ1) is 15.6. The normalized spacial score (nSPS) is 16.7. The molecule has 23 heavy (non-hydrogen) atoms. The molecule has 1 amide bonds. The van der Waals surface area contributed by atoms with Gasteiger partial charge in [-0.05, 0) is 23.8 Å². The van der Waals surface area contributed by atoms with Crippen LogP contribution in [0.4, 0.5) is 0 Å². The summed E-state index contributed by atoms with van der Waals surface area (Å²) in [6.45, 7) is 4.43. The zero-order chi connectivity index (χ0) is 16.4. The van der Waals surface area contributed by atoms with Gasteiger partial charge in [0, 0.05) is 18.6 Å². The molecule has 0 saturated carbocycles. The Kier molecular flexibility index (Phi) is 4.14. The Balaban J connectivity index is 1.77. The van der Waals surface area contributed by atoms with Crippen molar-refractivity contribution in [3.8, 4) is 0 Å². The van der Waals surface area contributed by atoms with Gasteiger partial charge in [-0.25, -0.2) is 9.98 Å². The summed E-state index contributed by atoms with van der Waals surface area (Å²) >= 11 is 1.56. The minimum absolute atomic E-state index is 0.0544. The Morgan fingerprint density at radius 3 is 3.04 bits per heavy atom. The van der Waals surface area contributed by atoms with Gasteiger partial charge in [0.05, 0.1) is 15.7 Å². The predicted molar refractivity (Wildman–Crippen MR) is 92.0 cm³/mol. The summed E-state index contributed by atoms with van der Waals surface area (Å²) in [7, 11) is 0. The van der Waals surface area contributed by atoms with Gasteiger partial charge in [0.1, 0.15) is 5.70 Å². The third kappa shape index (κ3) is 3.57. The fourth-order valence-corrected chi connectivity index (χ4v) is 2.78. The first-order chi connectivity index (χ1) is 11.0. The summed E-state index contributed by atoms with van der Waals surface area (Å²) in [5.41, 5.74) is 3.74. The number of hydrogen-bond acceptors (Lipinski definition) is 6. The molecule has 1 aliphatic heterocycles. The second-order valence-corrected chi connectivity index (χ2v) is 7.09. The van der Waals surface area contributed by atoms with Crippen LogP contribution in [0.1, 0.15) is 19.4 Å². The fraction of sp³-hybridized carbons (Fsp3) is 0.312. The van der Waals surface area contributed by atoms with E-state index in [2.05, 4.69) is 20.6 Å². The molecule has 1 aromatic heterocycles. The van der Waals surface area contributed by atoms with Gasteiger partial charge in [0.15, 0.2) is 0 Å². The molecule has 0 fully saturated rings. The molecule has 3 rings (SSSR count). The van der Waals surface area contributed by atoms with Crippen LogP contribution in [0.5, 0.6) is 0 Å². The van der Waals surface area contributed by atoms with E-state index in [1.165, 1.54) is 0 Å². The number of amides is 1. The summed E-state index contributed by atoms with van der Waals surface area (Å²) in [6.07, 6.45) is 1.75. The van der Waals surface area contributed by atoms with Gasteiger partial charge in [-0.1, -0.05) is 19.9 Å². The van der Waals surface area contributed by atoms with Gasteiger partial charge < -0.3 is 10.4 Å². The van der Waals surface area contributed by atoms with E-state index in [0.29, 0.717) is 18.2 Å². The third-order valence-corrected chi connectivity index (χ3v) is 4.31. The number of nitrogens with one attached hydrogen (secondary N) is 2. The molecule has 0 bridgehead atoms. The first-order valence-corrected chi connectivity index (χ1v) is 8.14. The number of aliphatic hydroxyl groups excluding tert-OH is 1. The van der Waals surface area contributed by atoms with E-state index < -0.39 is 0 Å². The summed E-state index contributed by atoms with van der Waals surface area (Å²) in [5, 5.41) is 15.0. The molecule has 1 aliphatic rings. The topological polar surface area (TPSA) is 86.6 Å². The Morgan fingerprint density at radius 1 is 1.43 bits per heavy atom. The summed E-state index contributed by atoms with van der Waals surface area (Å²) in [6, 6.07) is 5.83. The second-order valence-electron chi connectivity index (χ2n) is 6.20. The fourth-order valence-electron chi connectivity index (χ4n) is 2.05. The number of thiazole rings is 1. The number of fused-ring (bicyclic) bond motifs is 1. The Labute approximate surface area is 138 Å². The van der Waals surface area contributed by atoms with Crippen molar-refractivity contribution in [3.05, 3.63) is 35.0 Å². The van der Waals surface area contributed by atoms with E-state index in [1.54, 1.807) is 22.9 Å². The quantitative estimate of drug-likeness (QED) is 0.745. The summed E-state index contributed by atoms with van der Waals surface area (Å²) < 4.78 is 1.07. The van der Waals surface area contributed by atoms with Crippen molar-refractivity contribution in [3.63, 3.8) is 0 Å². The van der Waals surface area contributed by atoms with Gasteiger partial charge >= 0.3 is 0 Å². The van der Waals surface area contributed by atoms with Crippen LogP contribution in [-0.4, -0.2) is 35.1 Å². The maximum Gasteiger partial charge on any atom is 0.276 e. The summed E-state index contributed by atoms with van der Waals surface area (Å²) in [4.78, 5) is 20.5. The average Bonchev–Trinajstić information content (AvgIpc) is 3.12. The van der Waals surface area contributed by atoms with Crippen molar-refractivity contribution in [1.82, 2.24) is 15.6 Å². The highest BCUT2D eigenvalue weighted by Crippen LogP contribution is 2.21. The molecule has 0 atom stereocenters. The second kappa shape index (κ2) is 6.10. The molecule has 2 aromatic rings. The molecular weight excluding hydrogens is 312 g/mol. The van der Waals surface area contributed by atoms with Crippen LogP contribution in [0.15, 0.2) is 34.4 Å². The highest BCUT2D eigenvalue weighted by atomic mass is 32.1. The first-order valence-electron chi connectivity index (χ1n) is 7.27. The van der Waals surface area contributed by atoms with E-state index >= 15 is 0 Å². The number of aliphatic imine (C=N–C) groups is 1. The lowest BCUT2D eigenvalue weighted by atomic mass is 9.95. The number of benzene rings is 1. The molecule has 1 aromatic carbocycles. The molecule has 0 unspecified atom stereocenters. The molecule has 0 radical (unpaired) electrons. The number of aliphatic hydroxyl groups is 1. The number of rotatable bonds is 4. The van der Waals surface area contributed by atoms with Crippen LogP contribution in [0.3, 0.4) is 0 Å². The lowest BCUT2D eigenvalue weighted by Gasteiger charge is -2.22. The molecule has 2 heterocycles. The number of guanidine groups is 1. The molecule has 0 spiro atoms. The Hall–Kier alpha value is -2.25. The Bertz CT molecular complexity index is 807. The molecule has 0 saturated heterocycles. The van der Waals surface area contributed by atoms with Gasteiger partial charge in [-0.3, -0.25) is 10.1 Å². The van der Waals surface area contributed by atoms with Crippen LogP contribution in [0, 0.1) is 5.41 Å². The van der Waals surface area contributed by atoms with Crippen LogP contribution < -0.4 is 10.6 Å². The summed E-state index contributed by atoms with van der Waals surface area (Å²) in [5.74, 6) is 0.181. The number of hydrogen-bond donors (Lipinski definition) is 3. The molecular formula is C16H18N4O2S. The van der Waals surface area contributed by atoms with E-state index in [9.17, 15) is 9.90 Å². The van der Waals surface area contributed by atoms with Gasteiger partial charge in [0.25, 0.3) is 5.91 Å². The SMILES string of the molecule is CC(C)(CO)CNC1=N/C(=C\c2ccc3ncsc3c2)C(=O)N1. The highest BCUT2D eigenvalue weighted by molar-refractivity contribution is 7.16. The number of carbonyl (C=O) groups is 1. The molecule has 7 heteroatoms. The van der Waals surface area contributed by atoms with E-state index in [-0.39, 0.29) is 17.9 Å². The van der Waals surface area contributed by atoms with Gasteiger partial charge in [0.2, 0.25) is 5.96 Å². The van der Waals surface area contributed by atoms with Gasteiger partial charge in [-0.15, -0.1) is 11.3 Å². The van der Waals surface area contributed by atoms with Crippen LogP contribution in [-0.2, 0) is 4.79 Å². The molecule has 3 N–H and O–H groups in total. The van der Waals surface area contributed by atoms with Gasteiger partial charge in [-0.2, -0.15) is 0 Å². The lowest BCUT2D eigenvalue weighted by Crippen LogP contribution is -2.42. The monoisotopic (exact) mass is 330 g/mol. The van der Waals surface area contributed by atoms with E-state index in [1.807, 2.05) is 32.0 Å². The highest BCUT2D eigenvalue weighted by Gasteiger charge is 2.22. The minimum Gasteiger partial charge on any atom is -0.396 e. The molecule has 6 nitrogen and oxygen atoms in total. The number of aromatic nitrogens is 1. The van der Waals surface area contributed by atoms with Crippen molar-refractivity contribution < 1.29 is 9.90 Å². The van der Waals surface area contributed by atoms with Crippen molar-refractivity contribution in [2.75, 3.05) is 13.2 Å². The van der Waals surface area contributed by atoms with Crippen molar-refractivity contribution in [2.24, 2.45) is 10.4 Å². The lowest BCUT2D eigenvalue weighted by molar-refractivity contribution is -0.115. The number of nitrogens with zero attached hydrogens (tertiary/aromatic N) is 2. The van der Waals surface area contributed by atoms with Crippen LogP contribution >= 0.6 is 11.3 Å². The third-order valence-electron chi connectivity index (χ3n) is 3.52. The minimum atomic E-state index is -0.281. The van der Waals surface area contributed by atoms with Crippen molar-refractivity contribution in [2.45, 2.75) is 13.8 Å². The molecule has 0 aliphatic carbocycles. The maximum absolute atomic E-state index is 12.0. The molecule has 120 valence electrons. The predicted octanol–water partition coefficient (Wildman–Crippen LogP) is 1.73. The largest absolute Gasteiger partial charge is 0.396 e. The zero-order valence-electron chi connectivity index (χ0n) is 13.0. The van der Waals surface area contributed by atoms with Crippen molar-refractivity contribution >= 4 is 39.5 Å². The van der Waals surface area contributed by atoms with Crippen LogP contribution in [0.2, 0.25) is 0 Å².